The van der Waals surface area contributed by atoms with Gasteiger partial charge in [0.15, 0.2) is 0 Å². The second-order valence-corrected chi connectivity index (χ2v) is 5.90. The minimum Gasteiger partial charge on any atom is -0.481 e. The third-order valence-corrected chi connectivity index (χ3v) is 4.37. The van der Waals surface area contributed by atoms with Crippen LogP contribution in [0, 0.1) is 17.8 Å². The molecule has 2 aliphatic rings. The van der Waals surface area contributed by atoms with E-state index in [4.69, 9.17) is 9.47 Å². The SMILES string of the molecule is CCOCCOC(C)C(=O)N1C[C@H](C(=O)O)[C@@H](C2CC2)C1. The number of hydrogen-bond donors (Lipinski definition) is 1. The highest BCUT2D eigenvalue weighted by molar-refractivity contribution is 5.82. The van der Waals surface area contributed by atoms with E-state index in [1.165, 1.54) is 0 Å². The molecular formula is C15H25NO5. The van der Waals surface area contributed by atoms with Gasteiger partial charge in [-0.2, -0.15) is 0 Å². The molecule has 1 aliphatic heterocycles. The molecule has 1 heterocycles. The molecule has 1 aliphatic carbocycles. The molecule has 1 unspecified atom stereocenters. The van der Waals surface area contributed by atoms with Crippen molar-refractivity contribution >= 4 is 11.9 Å². The standard InChI is InChI=1S/C15H25NO5/c1-3-20-6-7-21-10(2)14(17)16-8-12(11-4-5-11)13(9-16)15(18)19/h10-13H,3-9H2,1-2H3,(H,18,19)/t10?,12-,13+/m1/s1. The van der Waals surface area contributed by atoms with Crippen LogP contribution >= 0.6 is 0 Å². The number of amides is 1. The number of hydrogen-bond acceptors (Lipinski definition) is 4. The predicted octanol–water partition coefficient (Wildman–Crippen LogP) is 0.997. The lowest BCUT2D eigenvalue weighted by molar-refractivity contribution is -0.144. The molecule has 2 fully saturated rings. The average molecular weight is 299 g/mol. The van der Waals surface area contributed by atoms with Crippen LogP contribution in [0.5, 0.6) is 0 Å². The Bertz CT molecular complexity index is 382. The summed E-state index contributed by atoms with van der Waals surface area (Å²) in [4.78, 5) is 25.3. The average Bonchev–Trinajstić information content (AvgIpc) is 3.21. The van der Waals surface area contributed by atoms with E-state index in [0.29, 0.717) is 38.8 Å². The maximum atomic E-state index is 12.3. The van der Waals surface area contributed by atoms with Gasteiger partial charge in [0.25, 0.3) is 5.91 Å². The van der Waals surface area contributed by atoms with E-state index in [2.05, 4.69) is 0 Å². The first kappa shape index (κ1) is 16.2. The minimum absolute atomic E-state index is 0.110. The molecule has 6 nitrogen and oxygen atoms in total. The van der Waals surface area contributed by atoms with E-state index in [1.54, 1.807) is 11.8 Å². The van der Waals surface area contributed by atoms with Gasteiger partial charge in [0, 0.05) is 19.7 Å². The van der Waals surface area contributed by atoms with E-state index in [9.17, 15) is 14.7 Å². The molecule has 6 heteroatoms. The Hall–Kier alpha value is -1.14. The molecule has 0 aromatic carbocycles. The van der Waals surface area contributed by atoms with E-state index in [0.717, 1.165) is 12.8 Å². The van der Waals surface area contributed by atoms with Crippen molar-refractivity contribution in [3.05, 3.63) is 0 Å². The van der Waals surface area contributed by atoms with Gasteiger partial charge in [0.05, 0.1) is 19.1 Å². The molecule has 0 radical (unpaired) electrons. The third kappa shape index (κ3) is 4.17. The van der Waals surface area contributed by atoms with Crippen molar-refractivity contribution in [2.24, 2.45) is 17.8 Å². The van der Waals surface area contributed by atoms with Gasteiger partial charge >= 0.3 is 5.97 Å². The summed E-state index contributed by atoms with van der Waals surface area (Å²) in [6.07, 6.45) is 1.64. The van der Waals surface area contributed by atoms with E-state index in [-0.39, 0.29) is 11.8 Å². The minimum atomic E-state index is -0.785. The lowest BCUT2D eigenvalue weighted by atomic mass is 9.92. The van der Waals surface area contributed by atoms with Gasteiger partial charge in [-0.05, 0) is 38.5 Å². The first-order chi connectivity index (χ1) is 10.0. The van der Waals surface area contributed by atoms with Gasteiger partial charge < -0.3 is 19.5 Å². The zero-order chi connectivity index (χ0) is 15.4. The summed E-state index contributed by atoms with van der Waals surface area (Å²) < 4.78 is 10.6. The van der Waals surface area contributed by atoms with Gasteiger partial charge in [0.2, 0.25) is 0 Å². The number of rotatable bonds is 8. The van der Waals surface area contributed by atoms with E-state index < -0.39 is 18.0 Å². The maximum absolute atomic E-state index is 12.3. The molecule has 0 spiro atoms. The fourth-order valence-electron chi connectivity index (χ4n) is 3.03. The van der Waals surface area contributed by atoms with Crippen molar-refractivity contribution in [1.82, 2.24) is 4.90 Å². The summed E-state index contributed by atoms with van der Waals surface area (Å²) in [5, 5.41) is 9.31. The molecule has 1 N–H and O–H groups in total. The maximum Gasteiger partial charge on any atom is 0.308 e. The summed E-state index contributed by atoms with van der Waals surface area (Å²) in [6.45, 7) is 5.96. The van der Waals surface area contributed by atoms with Crippen LogP contribution in [0.4, 0.5) is 0 Å². The second kappa shape index (κ2) is 7.22. The summed E-state index contributed by atoms with van der Waals surface area (Å²) in [7, 11) is 0. The molecule has 0 bridgehead atoms. The van der Waals surface area contributed by atoms with Gasteiger partial charge in [-0.15, -0.1) is 0 Å². The topological polar surface area (TPSA) is 76.1 Å². The molecule has 0 aromatic heterocycles. The molecule has 1 saturated heterocycles. The van der Waals surface area contributed by atoms with Crippen molar-refractivity contribution < 1.29 is 24.2 Å². The van der Waals surface area contributed by atoms with Crippen LogP contribution in [0.2, 0.25) is 0 Å². The van der Waals surface area contributed by atoms with Crippen LogP contribution in [0.25, 0.3) is 0 Å². The number of carbonyl (C=O) groups is 2. The van der Waals surface area contributed by atoms with Crippen LogP contribution in [-0.2, 0) is 19.1 Å². The highest BCUT2D eigenvalue weighted by atomic mass is 16.5. The Labute approximate surface area is 125 Å². The van der Waals surface area contributed by atoms with E-state index in [1.807, 2.05) is 6.92 Å². The van der Waals surface area contributed by atoms with Gasteiger partial charge in [-0.25, -0.2) is 0 Å². The lowest BCUT2D eigenvalue weighted by Crippen LogP contribution is -2.38. The Balaban J connectivity index is 1.83. The van der Waals surface area contributed by atoms with Crippen molar-refractivity contribution in [1.29, 1.82) is 0 Å². The molecule has 21 heavy (non-hydrogen) atoms. The summed E-state index contributed by atoms with van der Waals surface area (Å²) in [6, 6.07) is 0. The number of likely N-dealkylation sites (tertiary alicyclic amines) is 1. The summed E-state index contributed by atoms with van der Waals surface area (Å²) in [5.41, 5.74) is 0. The molecule has 1 saturated carbocycles. The highest BCUT2D eigenvalue weighted by Crippen LogP contribution is 2.44. The van der Waals surface area contributed by atoms with Crippen LogP contribution in [0.15, 0.2) is 0 Å². The number of carbonyl (C=O) groups excluding carboxylic acids is 1. The van der Waals surface area contributed by atoms with Crippen molar-refractivity contribution in [3.8, 4) is 0 Å². The summed E-state index contributed by atoms with van der Waals surface area (Å²) >= 11 is 0. The molecule has 120 valence electrons. The fraction of sp³-hybridized carbons (Fsp3) is 0.867. The van der Waals surface area contributed by atoms with Crippen molar-refractivity contribution in [3.63, 3.8) is 0 Å². The zero-order valence-corrected chi connectivity index (χ0v) is 12.8. The zero-order valence-electron chi connectivity index (χ0n) is 12.8. The van der Waals surface area contributed by atoms with Gasteiger partial charge in [0.1, 0.15) is 6.10 Å². The number of ether oxygens (including phenoxy) is 2. The fourth-order valence-corrected chi connectivity index (χ4v) is 3.03. The quantitative estimate of drug-likeness (QED) is 0.677. The molecule has 3 atom stereocenters. The van der Waals surface area contributed by atoms with Crippen LogP contribution in [-0.4, -0.2) is 60.9 Å². The summed E-state index contributed by atoms with van der Waals surface area (Å²) in [5.74, 6) is -0.717. The smallest absolute Gasteiger partial charge is 0.308 e. The number of aliphatic carboxylic acids is 1. The van der Waals surface area contributed by atoms with Crippen molar-refractivity contribution in [2.45, 2.75) is 32.8 Å². The Morgan fingerprint density at radius 3 is 2.57 bits per heavy atom. The highest BCUT2D eigenvalue weighted by Gasteiger charge is 2.47. The number of carboxylic acids is 1. The largest absolute Gasteiger partial charge is 0.481 e. The van der Waals surface area contributed by atoms with Crippen LogP contribution in [0.3, 0.4) is 0 Å². The molecule has 2 rings (SSSR count). The van der Waals surface area contributed by atoms with Crippen LogP contribution in [0.1, 0.15) is 26.7 Å². The van der Waals surface area contributed by atoms with Crippen molar-refractivity contribution in [2.75, 3.05) is 32.9 Å². The number of carboxylic acid groups (broad SMARTS) is 1. The molecular weight excluding hydrogens is 274 g/mol. The Morgan fingerprint density at radius 1 is 1.29 bits per heavy atom. The van der Waals surface area contributed by atoms with Gasteiger partial charge in [-0.1, -0.05) is 0 Å². The van der Waals surface area contributed by atoms with Gasteiger partial charge in [-0.3, -0.25) is 9.59 Å². The first-order valence-electron chi connectivity index (χ1n) is 7.75. The normalized spacial score (nSPS) is 26.9. The Kier molecular flexibility index (Phi) is 5.58. The third-order valence-electron chi connectivity index (χ3n) is 4.37. The van der Waals surface area contributed by atoms with Crippen LogP contribution < -0.4 is 0 Å². The first-order valence-corrected chi connectivity index (χ1v) is 7.75. The molecule has 0 aromatic rings. The second-order valence-electron chi connectivity index (χ2n) is 5.90. The number of nitrogens with zero attached hydrogens (tertiary/aromatic N) is 1. The van der Waals surface area contributed by atoms with E-state index >= 15 is 0 Å². The Morgan fingerprint density at radius 2 is 2.00 bits per heavy atom. The lowest BCUT2D eigenvalue weighted by Gasteiger charge is -2.21. The predicted molar refractivity (Wildman–Crippen MR) is 75.8 cm³/mol. The molecule has 1 amide bonds. The monoisotopic (exact) mass is 299 g/mol.